The Balaban J connectivity index is 1.76. The van der Waals surface area contributed by atoms with Crippen LogP contribution in [-0.2, 0) is 51.2 Å². The first-order valence-corrected chi connectivity index (χ1v) is 18.9. The summed E-state index contributed by atoms with van der Waals surface area (Å²) in [5, 5.41) is 42.0. The minimum absolute atomic E-state index is 0.0606. The molecule has 58 heavy (non-hydrogen) atoms. The van der Waals surface area contributed by atoms with Crippen LogP contribution in [0.4, 0.5) is 0 Å². The minimum atomic E-state index is -1.80. The van der Waals surface area contributed by atoms with Gasteiger partial charge in [-0.2, -0.15) is 0 Å². The van der Waals surface area contributed by atoms with Crippen LogP contribution < -0.4 is 32.3 Å². The Morgan fingerprint density at radius 1 is 0.655 bits per heavy atom. The number of hydrogen-bond donors (Lipinski definition) is 10. The number of carboxylic acid groups (broad SMARTS) is 3. The zero-order valence-corrected chi connectivity index (χ0v) is 32.8. The van der Waals surface area contributed by atoms with E-state index in [1.807, 2.05) is 18.2 Å². The third-order valence-electron chi connectivity index (χ3n) is 9.68. The maximum Gasteiger partial charge on any atom is 0.326 e. The number of carboxylic acids is 3. The van der Waals surface area contributed by atoms with Crippen LogP contribution in [0.1, 0.15) is 64.5 Å². The lowest BCUT2D eigenvalue weighted by Crippen LogP contribution is -2.61. The second kappa shape index (κ2) is 21.9. The largest absolute Gasteiger partial charge is 0.481 e. The number of fused-ring (bicyclic) bond motifs is 1. The number of carbonyl (C=O) groups is 8. The third-order valence-corrected chi connectivity index (χ3v) is 9.68. The van der Waals surface area contributed by atoms with Gasteiger partial charge in [0.2, 0.25) is 29.5 Å². The first-order chi connectivity index (χ1) is 27.4. The molecular formula is C40H53N7O11. The fraction of sp³-hybridized carbons (Fsp3) is 0.450. The van der Waals surface area contributed by atoms with Crippen LogP contribution in [0.3, 0.4) is 0 Å². The highest BCUT2D eigenvalue weighted by Gasteiger charge is 2.36. The molecule has 2 aromatic carbocycles. The summed E-state index contributed by atoms with van der Waals surface area (Å²) in [6.07, 6.45) is 0.127. The molecule has 11 N–H and O–H groups in total. The van der Waals surface area contributed by atoms with Gasteiger partial charge >= 0.3 is 17.9 Å². The zero-order valence-electron chi connectivity index (χ0n) is 32.8. The molecule has 314 valence electrons. The molecule has 0 saturated heterocycles. The van der Waals surface area contributed by atoms with Gasteiger partial charge in [-0.15, -0.1) is 0 Å². The number of para-hydroxylation sites is 1. The van der Waals surface area contributed by atoms with Crippen molar-refractivity contribution >= 4 is 58.3 Å². The fourth-order valence-electron chi connectivity index (χ4n) is 6.15. The topological polar surface area (TPSA) is 299 Å². The van der Waals surface area contributed by atoms with Crippen LogP contribution in [0.5, 0.6) is 0 Å². The van der Waals surface area contributed by atoms with Crippen molar-refractivity contribution in [1.29, 1.82) is 0 Å². The van der Waals surface area contributed by atoms with E-state index in [0.717, 1.165) is 16.5 Å². The van der Waals surface area contributed by atoms with Gasteiger partial charge in [-0.05, 0) is 41.9 Å². The average Bonchev–Trinajstić information content (AvgIpc) is 3.58. The van der Waals surface area contributed by atoms with Crippen LogP contribution in [0, 0.1) is 11.8 Å². The van der Waals surface area contributed by atoms with E-state index in [1.54, 1.807) is 70.3 Å². The van der Waals surface area contributed by atoms with Gasteiger partial charge in [-0.1, -0.05) is 82.6 Å². The van der Waals surface area contributed by atoms with E-state index in [0.29, 0.717) is 12.0 Å². The lowest BCUT2D eigenvalue weighted by atomic mass is 9.95. The summed E-state index contributed by atoms with van der Waals surface area (Å²) in [6.45, 7) is 6.59. The maximum atomic E-state index is 13.8. The Bertz CT molecular complexity index is 1930. The molecule has 5 amide bonds. The summed E-state index contributed by atoms with van der Waals surface area (Å²) in [5.41, 5.74) is 8.21. The number of benzene rings is 2. The SMILES string of the molecule is CC[C@H](C)[C@H](NC(=O)[C@@H](NC(=O)[C@H](CC(=O)O)NC(=O)[C@H](CCC(=O)O)NC(=O)[C@H](N)Cc1ccccc1)C(C)C)C(=O)N[C@@H](Cc1c[nH]c2ccccc12)C(=O)O. The molecule has 0 aliphatic heterocycles. The summed E-state index contributed by atoms with van der Waals surface area (Å²) < 4.78 is 0. The Hall–Kier alpha value is -6.30. The third kappa shape index (κ3) is 13.7. The number of hydrogen-bond acceptors (Lipinski definition) is 9. The van der Waals surface area contributed by atoms with E-state index >= 15 is 0 Å². The molecule has 18 heteroatoms. The van der Waals surface area contributed by atoms with E-state index < -0.39 is 115 Å². The van der Waals surface area contributed by atoms with Gasteiger partial charge in [-0.3, -0.25) is 33.6 Å². The highest BCUT2D eigenvalue weighted by atomic mass is 16.4. The smallest absolute Gasteiger partial charge is 0.326 e. The number of H-pyrrole nitrogens is 1. The fourth-order valence-corrected chi connectivity index (χ4v) is 6.15. The number of aromatic nitrogens is 1. The number of aliphatic carboxylic acids is 3. The van der Waals surface area contributed by atoms with Crippen molar-refractivity contribution < 1.29 is 53.7 Å². The Morgan fingerprint density at radius 3 is 1.83 bits per heavy atom. The normalized spacial score (nSPS) is 14.8. The number of nitrogens with one attached hydrogen (secondary N) is 6. The van der Waals surface area contributed by atoms with Crippen LogP contribution in [0.2, 0.25) is 0 Å². The van der Waals surface area contributed by atoms with E-state index in [1.165, 1.54) is 0 Å². The lowest BCUT2D eigenvalue weighted by molar-refractivity contribution is -0.142. The van der Waals surface area contributed by atoms with Crippen molar-refractivity contribution in [2.45, 2.75) is 102 Å². The molecule has 0 saturated carbocycles. The molecule has 0 bridgehead atoms. The lowest BCUT2D eigenvalue weighted by Gasteiger charge is -2.30. The van der Waals surface area contributed by atoms with Crippen LogP contribution in [0.25, 0.3) is 10.9 Å². The molecule has 0 unspecified atom stereocenters. The van der Waals surface area contributed by atoms with Crippen molar-refractivity contribution in [2.75, 3.05) is 0 Å². The standard InChI is InChI=1S/C40H53N7O11/c1-5-22(4)34(39(56)45-30(40(57)58)18-24-20-42-27-14-10-9-13-25(24)27)47-38(55)33(21(2)3)46-37(54)29(19-32(50)51)44-36(53)28(15-16-31(48)49)43-35(52)26(41)17-23-11-7-6-8-12-23/h6-14,20-22,26,28-30,33-34,42H,5,15-19,41H2,1-4H3,(H,43,52)(H,44,53)(H,45,56)(H,46,54)(H,47,55)(H,48,49)(H,50,51)(H,57,58)/t22-,26+,28-,29-,30-,33-,34-/m0/s1. The van der Waals surface area contributed by atoms with Gasteiger partial charge in [-0.25, -0.2) is 4.79 Å². The summed E-state index contributed by atoms with van der Waals surface area (Å²) in [6, 6.07) is 7.56. The van der Waals surface area contributed by atoms with Crippen molar-refractivity contribution in [3.8, 4) is 0 Å². The van der Waals surface area contributed by atoms with Crippen molar-refractivity contribution in [3.63, 3.8) is 0 Å². The highest BCUT2D eigenvalue weighted by molar-refractivity contribution is 5.98. The van der Waals surface area contributed by atoms with E-state index in [-0.39, 0.29) is 12.8 Å². The molecule has 0 spiro atoms. The van der Waals surface area contributed by atoms with Gasteiger partial charge in [0.1, 0.15) is 30.2 Å². The predicted molar refractivity (Wildman–Crippen MR) is 211 cm³/mol. The minimum Gasteiger partial charge on any atom is -0.481 e. The summed E-state index contributed by atoms with van der Waals surface area (Å²) >= 11 is 0. The first kappa shape index (κ1) is 46.1. The molecule has 1 heterocycles. The number of carbonyl (C=O) groups excluding carboxylic acids is 5. The van der Waals surface area contributed by atoms with E-state index in [9.17, 15) is 53.7 Å². The van der Waals surface area contributed by atoms with Gasteiger partial charge in [0.05, 0.1) is 12.5 Å². The number of rotatable bonds is 23. The summed E-state index contributed by atoms with van der Waals surface area (Å²) in [7, 11) is 0. The summed E-state index contributed by atoms with van der Waals surface area (Å²) in [5.74, 6) is -9.82. The van der Waals surface area contributed by atoms with Crippen molar-refractivity contribution in [3.05, 3.63) is 71.9 Å². The second-order valence-electron chi connectivity index (χ2n) is 14.5. The molecule has 0 aliphatic carbocycles. The quantitative estimate of drug-likeness (QED) is 0.0638. The maximum absolute atomic E-state index is 13.8. The Kier molecular flexibility index (Phi) is 17.4. The Labute approximate surface area is 335 Å². The molecule has 0 radical (unpaired) electrons. The van der Waals surface area contributed by atoms with Gasteiger partial charge in [0, 0.05) is 29.9 Å². The second-order valence-corrected chi connectivity index (χ2v) is 14.5. The molecule has 1 aromatic heterocycles. The van der Waals surface area contributed by atoms with Gasteiger partial charge in [0.15, 0.2) is 0 Å². The van der Waals surface area contributed by atoms with Gasteiger partial charge < -0.3 is 52.6 Å². The molecule has 7 atom stereocenters. The molecule has 0 aliphatic rings. The number of amides is 5. The Morgan fingerprint density at radius 2 is 1.22 bits per heavy atom. The number of aromatic amines is 1. The average molecular weight is 808 g/mol. The van der Waals surface area contributed by atoms with Crippen LogP contribution in [-0.4, -0.2) is 104 Å². The molecule has 3 rings (SSSR count). The van der Waals surface area contributed by atoms with E-state index in [2.05, 4.69) is 31.6 Å². The van der Waals surface area contributed by atoms with Gasteiger partial charge in [0.25, 0.3) is 0 Å². The van der Waals surface area contributed by atoms with Crippen molar-refractivity contribution in [1.82, 2.24) is 31.6 Å². The molecular weight excluding hydrogens is 754 g/mol. The number of nitrogens with two attached hydrogens (primary N) is 1. The zero-order chi connectivity index (χ0) is 43.1. The predicted octanol–water partition coefficient (Wildman–Crippen LogP) is 0.831. The molecule has 3 aromatic rings. The van der Waals surface area contributed by atoms with Crippen LogP contribution >= 0.6 is 0 Å². The molecule has 0 fully saturated rings. The monoisotopic (exact) mass is 807 g/mol. The molecule has 18 nitrogen and oxygen atoms in total. The van der Waals surface area contributed by atoms with Crippen molar-refractivity contribution in [2.24, 2.45) is 17.6 Å². The first-order valence-electron chi connectivity index (χ1n) is 18.9. The highest BCUT2D eigenvalue weighted by Crippen LogP contribution is 2.20. The van der Waals surface area contributed by atoms with E-state index in [4.69, 9.17) is 5.73 Å². The summed E-state index contributed by atoms with van der Waals surface area (Å²) in [4.78, 5) is 106. The van der Waals surface area contributed by atoms with Crippen LogP contribution in [0.15, 0.2) is 60.8 Å².